The Balaban J connectivity index is 1.06. The van der Waals surface area contributed by atoms with Gasteiger partial charge in [0.2, 0.25) is 0 Å². The molecule has 14 aromatic rings. The molecule has 0 atom stereocenters. The normalized spacial score (nSPS) is 12.1. The molecule has 5 aromatic heterocycles. The highest BCUT2D eigenvalue weighted by atomic mass is 15.1. The minimum Gasteiger partial charge on any atom is -0.307 e. The molecule has 14 rings (SSSR count). The molecule has 7 heteroatoms. The van der Waals surface area contributed by atoms with E-state index in [1.54, 1.807) is 0 Å². The van der Waals surface area contributed by atoms with Gasteiger partial charge in [-0.25, -0.2) is 15.0 Å². The Morgan fingerprint density at radius 1 is 0.266 bits per heavy atom. The molecular formula is C57H35N7. The molecule has 0 bridgehead atoms. The number of fused-ring (bicyclic) bond motifs is 11. The average Bonchev–Trinajstić information content (AvgIpc) is 4.10. The zero-order valence-electron chi connectivity index (χ0n) is 34.3. The topological polar surface area (TPSA) is 58.4 Å². The number of rotatable bonds is 5. The predicted molar refractivity (Wildman–Crippen MR) is 263 cm³/mol. The van der Waals surface area contributed by atoms with Crippen LogP contribution in [-0.2, 0) is 0 Å². The molecule has 0 unspecified atom stereocenters. The minimum absolute atomic E-state index is 0.791. The van der Waals surface area contributed by atoms with Crippen LogP contribution in [0.1, 0.15) is 0 Å². The molecule has 0 aliphatic heterocycles. The van der Waals surface area contributed by atoms with Gasteiger partial charge in [0.05, 0.1) is 50.0 Å². The summed E-state index contributed by atoms with van der Waals surface area (Å²) in [6.45, 7) is 0. The van der Waals surface area contributed by atoms with Crippen LogP contribution in [0.3, 0.4) is 0 Å². The molecule has 5 heterocycles. The molecular weight excluding hydrogens is 783 g/mol. The second kappa shape index (κ2) is 13.3. The van der Waals surface area contributed by atoms with E-state index in [2.05, 4.69) is 218 Å². The van der Waals surface area contributed by atoms with E-state index in [4.69, 9.17) is 15.0 Å². The number of hydrogen-bond acceptors (Lipinski definition) is 3. The Kier molecular flexibility index (Phi) is 7.27. The summed E-state index contributed by atoms with van der Waals surface area (Å²) in [5, 5.41) is 5.83. The molecule has 0 aliphatic rings. The predicted octanol–water partition coefficient (Wildman–Crippen LogP) is 13.9. The summed E-state index contributed by atoms with van der Waals surface area (Å²) in [6, 6.07) is 75.1. The highest BCUT2D eigenvalue weighted by Gasteiger charge is 2.24. The first kappa shape index (κ1) is 34.9. The molecule has 0 aliphatic carbocycles. The largest absolute Gasteiger partial charge is 0.307 e. The molecule has 0 radical (unpaired) electrons. The van der Waals surface area contributed by atoms with Crippen LogP contribution < -0.4 is 0 Å². The summed E-state index contributed by atoms with van der Waals surface area (Å²) >= 11 is 0. The van der Waals surface area contributed by atoms with Crippen LogP contribution in [0.25, 0.3) is 122 Å². The van der Waals surface area contributed by atoms with E-state index >= 15 is 0 Å². The van der Waals surface area contributed by atoms with Crippen LogP contribution in [-0.4, -0.2) is 33.2 Å². The van der Waals surface area contributed by atoms with Gasteiger partial charge in [-0.05, 0) is 91.0 Å². The van der Waals surface area contributed by atoms with Gasteiger partial charge in [0.25, 0.3) is 0 Å². The van der Waals surface area contributed by atoms with Crippen molar-refractivity contribution in [1.29, 1.82) is 0 Å². The van der Waals surface area contributed by atoms with Gasteiger partial charge < -0.3 is 9.13 Å². The van der Waals surface area contributed by atoms with Crippen molar-refractivity contribution in [2.75, 3.05) is 0 Å². The van der Waals surface area contributed by atoms with Gasteiger partial charge in [-0.2, -0.15) is 0 Å². The molecule has 0 saturated heterocycles. The summed E-state index contributed by atoms with van der Waals surface area (Å²) in [5.74, 6) is 0.889. The van der Waals surface area contributed by atoms with Gasteiger partial charge in [0.15, 0.2) is 5.65 Å². The second-order valence-electron chi connectivity index (χ2n) is 16.4. The first-order chi connectivity index (χ1) is 31.8. The Morgan fingerprint density at radius 3 is 1.23 bits per heavy atom. The van der Waals surface area contributed by atoms with E-state index in [0.29, 0.717) is 0 Å². The molecule has 0 saturated carbocycles. The zero-order chi connectivity index (χ0) is 41.9. The lowest BCUT2D eigenvalue weighted by molar-refractivity contribution is 1.10. The number of nitrogens with zero attached hydrogens (tertiary/aromatic N) is 7. The van der Waals surface area contributed by atoms with Crippen molar-refractivity contribution in [3.63, 3.8) is 0 Å². The SMILES string of the molecule is c1ccc(-n2c(-c3ccc(-n4c5ccccc5c5nc6c(-n7c8ccccc8c8ccccc87)ccc(-n7c8ccccc8c8ccccc87)c6nc54)cc3)nc3ccccc32)cc1. The summed E-state index contributed by atoms with van der Waals surface area (Å²) < 4.78 is 9.24. The first-order valence-corrected chi connectivity index (χ1v) is 21.6. The average molecular weight is 818 g/mol. The lowest BCUT2D eigenvalue weighted by Crippen LogP contribution is -2.04. The van der Waals surface area contributed by atoms with Crippen molar-refractivity contribution >= 4 is 87.7 Å². The van der Waals surface area contributed by atoms with Gasteiger partial charge in [-0.15, -0.1) is 0 Å². The number of hydrogen-bond donors (Lipinski definition) is 0. The van der Waals surface area contributed by atoms with E-state index in [0.717, 1.165) is 100 Å². The lowest BCUT2D eigenvalue weighted by Gasteiger charge is -2.16. The Morgan fingerprint density at radius 2 is 0.688 bits per heavy atom. The molecule has 0 spiro atoms. The molecule has 0 fully saturated rings. The zero-order valence-corrected chi connectivity index (χ0v) is 34.3. The van der Waals surface area contributed by atoms with Crippen LogP contribution >= 0.6 is 0 Å². The molecule has 298 valence electrons. The fourth-order valence-corrected chi connectivity index (χ4v) is 10.2. The van der Waals surface area contributed by atoms with Crippen LogP contribution in [0, 0.1) is 0 Å². The van der Waals surface area contributed by atoms with Crippen molar-refractivity contribution in [1.82, 2.24) is 33.2 Å². The quantitative estimate of drug-likeness (QED) is 0.174. The first-order valence-electron chi connectivity index (χ1n) is 21.6. The third kappa shape index (κ3) is 4.89. The summed E-state index contributed by atoms with van der Waals surface area (Å²) in [6.07, 6.45) is 0. The Bertz CT molecular complexity index is 4080. The summed E-state index contributed by atoms with van der Waals surface area (Å²) in [7, 11) is 0. The number of para-hydroxylation sites is 8. The maximum absolute atomic E-state index is 5.80. The molecule has 64 heavy (non-hydrogen) atoms. The number of benzene rings is 9. The van der Waals surface area contributed by atoms with Crippen molar-refractivity contribution in [3.05, 3.63) is 212 Å². The Hall–Kier alpha value is -8.81. The highest BCUT2D eigenvalue weighted by molar-refractivity contribution is 6.14. The molecule has 7 nitrogen and oxygen atoms in total. The monoisotopic (exact) mass is 817 g/mol. The summed E-state index contributed by atoms with van der Waals surface area (Å²) in [5.41, 5.74) is 15.9. The summed E-state index contributed by atoms with van der Waals surface area (Å²) in [4.78, 5) is 16.7. The van der Waals surface area contributed by atoms with Gasteiger partial charge >= 0.3 is 0 Å². The van der Waals surface area contributed by atoms with Gasteiger partial charge in [-0.1, -0.05) is 121 Å². The standard InChI is InChI=1S/C57H35N7/c1-2-16-37(17-3-1)62-50-29-15-9-23-44(50)58-56(62)36-30-32-38(33-31-36)61-49-28-14-8-22-43(49)53-57(61)60-55-52(64-47-26-12-6-20-41(47)42-21-7-13-27-48(42)64)35-34-51(54(55)59-53)63-45-24-10-4-18-39(45)40-19-5-11-25-46(40)63/h1-35H. The van der Waals surface area contributed by atoms with Crippen LogP contribution in [0.5, 0.6) is 0 Å². The number of imidazole rings is 1. The van der Waals surface area contributed by atoms with E-state index in [1.165, 1.54) is 21.5 Å². The van der Waals surface area contributed by atoms with Crippen molar-refractivity contribution in [2.45, 2.75) is 0 Å². The Labute approximate surface area is 366 Å². The van der Waals surface area contributed by atoms with Crippen LogP contribution in [0.15, 0.2) is 212 Å². The van der Waals surface area contributed by atoms with E-state index in [1.807, 2.05) is 12.1 Å². The van der Waals surface area contributed by atoms with Gasteiger partial charge in [0.1, 0.15) is 22.4 Å². The highest BCUT2D eigenvalue weighted by Crippen LogP contribution is 2.41. The fraction of sp³-hybridized carbons (Fsp3) is 0. The molecule has 0 amide bonds. The third-order valence-corrected chi connectivity index (χ3v) is 13.0. The molecule has 0 N–H and O–H groups in total. The van der Waals surface area contributed by atoms with Gasteiger partial charge in [0, 0.05) is 43.9 Å². The fourth-order valence-electron chi connectivity index (χ4n) is 10.2. The van der Waals surface area contributed by atoms with Crippen molar-refractivity contribution in [3.8, 4) is 34.1 Å². The maximum Gasteiger partial charge on any atom is 0.165 e. The second-order valence-corrected chi connectivity index (χ2v) is 16.4. The third-order valence-electron chi connectivity index (χ3n) is 13.0. The lowest BCUT2D eigenvalue weighted by atomic mass is 10.1. The maximum atomic E-state index is 5.80. The minimum atomic E-state index is 0.791. The van der Waals surface area contributed by atoms with E-state index in [-0.39, 0.29) is 0 Å². The van der Waals surface area contributed by atoms with E-state index in [9.17, 15) is 0 Å². The van der Waals surface area contributed by atoms with Crippen molar-refractivity contribution < 1.29 is 0 Å². The van der Waals surface area contributed by atoms with Crippen LogP contribution in [0.4, 0.5) is 0 Å². The van der Waals surface area contributed by atoms with E-state index < -0.39 is 0 Å². The van der Waals surface area contributed by atoms with Gasteiger partial charge in [-0.3, -0.25) is 9.13 Å². The number of aromatic nitrogens is 7. The van der Waals surface area contributed by atoms with Crippen LogP contribution in [0.2, 0.25) is 0 Å². The van der Waals surface area contributed by atoms with Crippen molar-refractivity contribution in [2.24, 2.45) is 0 Å². The smallest absolute Gasteiger partial charge is 0.165 e. The molecule has 9 aromatic carbocycles.